The Morgan fingerprint density at radius 3 is 2.30 bits per heavy atom. The molecule has 1 unspecified atom stereocenters. The van der Waals surface area contributed by atoms with E-state index in [1.165, 1.54) is 11.1 Å². The fourth-order valence-corrected chi connectivity index (χ4v) is 3.48. The molecule has 1 atom stereocenters. The summed E-state index contributed by atoms with van der Waals surface area (Å²) >= 11 is 0. The average molecular weight is 418 g/mol. The van der Waals surface area contributed by atoms with Gasteiger partial charge in [-0.1, -0.05) is 39.0 Å². The smallest absolute Gasteiger partial charge is 0.328 e. The minimum atomic E-state index is -0.258. The van der Waals surface area contributed by atoms with E-state index in [4.69, 9.17) is 14.2 Å². The van der Waals surface area contributed by atoms with Crippen LogP contribution in [0, 0.1) is 12.3 Å². The van der Waals surface area contributed by atoms with Crippen molar-refractivity contribution in [3.63, 3.8) is 0 Å². The second kappa shape index (κ2) is 11.7. The van der Waals surface area contributed by atoms with Crippen molar-refractivity contribution in [3.05, 3.63) is 47.2 Å². The number of methoxy groups -OCH3 is 2. The number of ether oxygens (including phenoxy) is 3. The van der Waals surface area contributed by atoms with Gasteiger partial charge in [-0.15, -0.1) is 0 Å². The predicted octanol–water partition coefficient (Wildman–Crippen LogP) is 5.58. The Morgan fingerprint density at radius 2 is 1.77 bits per heavy atom. The molecule has 2 rings (SSSR count). The Labute approximate surface area is 182 Å². The zero-order valence-corrected chi connectivity index (χ0v) is 20.0. The molecule has 0 radical (unpaired) electrons. The fourth-order valence-electron chi connectivity index (χ4n) is 3.48. The molecule has 1 aliphatic carbocycles. The van der Waals surface area contributed by atoms with Crippen molar-refractivity contribution in [1.82, 2.24) is 5.32 Å². The molecule has 1 aliphatic rings. The normalized spacial score (nSPS) is 16.2. The van der Waals surface area contributed by atoms with Gasteiger partial charge in [-0.05, 0) is 68.7 Å². The van der Waals surface area contributed by atoms with Gasteiger partial charge in [0.2, 0.25) is 0 Å². The first-order valence-corrected chi connectivity index (χ1v) is 10.6. The van der Waals surface area contributed by atoms with Crippen molar-refractivity contribution >= 4 is 5.97 Å². The molecule has 0 fully saturated rings. The molecule has 0 spiro atoms. The van der Waals surface area contributed by atoms with Crippen LogP contribution in [0.15, 0.2) is 41.6 Å². The van der Waals surface area contributed by atoms with Crippen LogP contribution in [-0.2, 0) is 9.53 Å². The highest BCUT2D eigenvalue weighted by atomic mass is 16.5. The molecule has 5 heteroatoms. The maximum atomic E-state index is 11.9. The molecule has 0 heterocycles. The van der Waals surface area contributed by atoms with Crippen LogP contribution in [0.1, 0.15) is 59.4 Å². The van der Waals surface area contributed by atoms with Gasteiger partial charge in [0.25, 0.3) is 0 Å². The van der Waals surface area contributed by atoms with Gasteiger partial charge < -0.3 is 19.5 Å². The van der Waals surface area contributed by atoms with E-state index in [0.29, 0.717) is 6.61 Å². The van der Waals surface area contributed by atoms with Gasteiger partial charge in [-0.25, -0.2) is 4.79 Å². The first-order chi connectivity index (χ1) is 14.1. The highest BCUT2D eigenvalue weighted by molar-refractivity contribution is 5.76. The van der Waals surface area contributed by atoms with Crippen LogP contribution < -0.4 is 14.8 Å². The van der Waals surface area contributed by atoms with Gasteiger partial charge in [0.1, 0.15) is 6.04 Å². The van der Waals surface area contributed by atoms with Crippen LogP contribution in [-0.4, -0.2) is 32.8 Å². The number of esters is 1. The second-order valence-electron chi connectivity index (χ2n) is 8.44. The number of rotatable bonds is 7. The number of carbonyl (C=O) groups is 1. The maximum absolute atomic E-state index is 11.9. The molecule has 0 saturated heterocycles. The molecule has 5 nitrogen and oxygen atoms in total. The molecular weight excluding hydrogens is 378 g/mol. The van der Waals surface area contributed by atoms with Gasteiger partial charge >= 0.3 is 5.97 Å². The molecule has 30 heavy (non-hydrogen) atoms. The summed E-state index contributed by atoms with van der Waals surface area (Å²) in [5, 5.41) is 3.37. The maximum Gasteiger partial charge on any atom is 0.328 e. The van der Waals surface area contributed by atoms with Gasteiger partial charge in [0.05, 0.1) is 20.8 Å². The summed E-state index contributed by atoms with van der Waals surface area (Å²) in [6.45, 7) is 17.0. The van der Waals surface area contributed by atoms with Crippen LogP contribution in [0.2, 0.25) is 0 Å². The van der Waals surface area contributed by atoms with Crippen LogP contribution in [0.3, 0.4) is 0 Å². The van der Waals surface area contributed by atoms with E-state index in [1.54, 1.807) is 14.2 Å². The summed E-state index contributed by atoms with van der Waals surface area (Å²) in [7, 11) is 3.27. The number of aryl methyl sites for hydroxylation is 1. The third-order valence-electron chi connectivity index (χ3n) is 5.20. The van der Waals surface area contributed by atoms with Gasteiger partial charge in [0.15, 0.2) is 11.5 Å². The highest BCUT2D eigenvalue weighted by Gasteiger charge is 2.30. The minimum Gasteiger partial charge on any atom is -0.493 e. The van der Waals surface area contributed by atoms with E-state index >= 15 is 0 Å². The second-order valence-corrected chi connectivity index (χ2v) is 8.44. The average Bonchev–Trinajstić information content (AvgIpc) is 2.69. The van der Waals surface area contributed by atoms with Gasteiger partial charge in [0, 0.05) is 5.70 Å². The summed E-state index contributed by atoms with van der Waals surface area (Å²) in [4.78, 5) is 11.9. The van der Waals surface area contributed by atoms with Crippen molar-refractivity contribution in [2.45, 2.75) is 66.8 Å². The van der Waals surface area contributed by atoms with E-state index in [9.17, 15) is 4.79 Å². The first-order valence-electron chi connectivity index (χ1n) is 10.6. The lowest BCUT2D eigenvalue weighted by atomic mass is 9.74. The van der Waals surface area contributed by atoms with Gasteiger partial charge in [-0.3, -0.25) is 0 Å². The lowest BCUT2D eigenvalue weighted by molar-refractivity contribution is -0.145. The third kappa shape index (κ3) is 7.43. The predicted molar refractivity (Wildman–Crippen MR) is 123 cm³/mol. The number of nitrogens with one attached hydrogen (secondary N) is 1. The zero-order chi connectivity index (χ0) is 22.9. The van der Waals surface area contributed by atoms with Crippen LogP contribution in [0.4, 0.5) is 0 Å². The van der Waals surface area contributed by atoms with E-state index in [0.717, 1.165) is 42.0 Å². The Balaban J connectivity index is 0.000000346. The number of hydrogen-bond donors (Lipinski definition) is 1. The summed E-state index contributed by atoms with van der Waals surface area (Å²) in [5.41, 5.74) is 4.87. The molecule has 1 aromatic rings. The SMILES string of the molecule is C=C1CC(C)(C)CC(NC(CC)C(=O)OCC)=C1C.COc1ccc(C)cc1OC. The summed E-state index contributed by atoms with van der Waals surface area (Å²) in [6.07, 6.45) is 2.69. The van der Waals surface area contributed by atoms with E-state index in [-0.39, 0.29) is 17.4 Å². The van der Waals surface area contributed by atoms with E-state index in [2.05, 4.69) is 32.7 Å². The molecule has 1 N–H and O–H groups in total. The fraction of sp³-hybridized carbons (Fsp3) is 0.560. The van der Waals surface area contributed by atoms with Crippen LogP contribution in [0.25, 0.3) is 0 Å². The summed E-state index contributed by atoms with van der Waals surface area (Å²) in [6, 6.07) is 5.57. The Kier molecular flexibility index (Phi) is 9.97. The van der Waals surface area contributed by atoms with Crippen LogP contribution >= 0.6 is 0 Å². The number of benzene rings is 1. The lowest BCUT2D eigenvalue weighted by Gasteiger charge is -2.35. The summed E-state index contributed by atoms with van der Waals surface area (Å²) in [5.74, 6) is 1.39. The number of hydrogen-bond acceptors (Lipinski definition) is 5. The van der Waals surface area contributed by atoms with E-state index in [1.807, 2.05) is 39.0 Å². The largest absolute Gasteiger partial charge is 0.493 e. The number of carbonyl (C=O) groups excluding carboxylic acids is 1. The minimum absolute atomic E-state index is 0.167. The van der Waals surface area contributed by atoms with Crippen molar-refractivity contribution in [1.29, 1.82) is 0 Å². The van der Waals surface area contributed by atoms with Gasteiger partial charge in [-0.2, -0.15) is 0 Å². The van der Waals surface area contributed by atoms with Crippen molar-refractivity contribution in [3.8, 4) is 11.5 Å². The monoisotopic (exact) mass is 417 g/mol. The number of allylic oxidation sites excluding steroid dienone is 3. The van der Waals surface area contributed by atoms with Crippen molar-refractivity contribution < 1.29 is 19.0 Å². The Morgan fingerprint density at radius 1 is 1.13 bits per heavy atom. The highest BCUT2D eigenvalue weighted by Crippen LogP contribution is 2.40. The molecular formula is C25H39NO4. The standard InChI is InChI=1S/C16H27NO2.C9H12O2/c1-7-13(15(18)19-8-2)17-14-10-16(5,6)9-11(3)12(14)4;1-7-4-5-8(10-2)9(6-7)11-3/h13,17H,3,7-10H2,1-2,4-6H3;4-6H,1-3H3. The Hall–Kier alpha value is -2.43. The topological polar surface area (TPSA) is 56.8 Å². The molecule has 0 bridgehead atoms. The molecule has 168 valence electrons. The van der Waals surface area contributed by atoms with Crippen molar-refractivity contribution in [2.75, 3.05) is 20.8 Å². The van der Waals surface area contributed by atoms with Crippen molar-refractivity contribution in [2.24, 2.45) is 5.41 Å². The van der Waals surface area contributed by atoms with Crippen LogP contribution in [0.5, 0.6) is 11.5 Å². The zero-order valence-electron chi connectivity index (χ0n) is 20.0. The first kappa shape index (κ1) is 25.6. The third-order valence-corrected chi connectivity index (χ3v) is 5.20. The molecule has 0 saturated carbocycles. The lowest BCUT2D eigenvalue weighted by Crippen LogP contribution is -2.39. The molecule has 0 amide bonds. The molecule has 1 aromatic carbocycles. The molecule has 0 aliphatic heterocycles. The van der Waals surface area contributed by atoms with E-state index < -0.39 is 0 Å². The quantitative estimate of drug-likeness (QED) is 0.587. The summed E-state index contributed by atoms with van der Waals surface area (Å²) < 4.78 is 15.3. The molecule has 0 aromatic heterocycles. The Bertz CT molecular complexity index is 764.